The molecule has 0 spiro atoms. The third kappa shape index (κ3) is 3.29. The van der Waals surface area contributed by atoms with Crippen LogP contribution in [-0.2, 0) is 0 Å². The average molecular weight is 474 g/mol. The highest BCUT2D eigenvalue weighted by molar-refractivity contribution is 14.1. The van der Waals surface area contributed by atoms with Gasteiger partial charge in [-0.15, -0.1) is 11.8 Å². The molecule has 1 fully saturated rings. The lowest BCUT2D eigenvalue weighted by Crippen LogP contribution is -2.30. The minimum atomic E-state index is 0.113. The highest BCUT2D eigenvalue weighted by atomic mass is 127. The van der Waals surface area contributed by atoms with Gasteiger partial charge in [0.25, 0.3) is 5.91 Å². The Morgan fingerprint density at radius 1 is 1.19 bits per heavy atom. The zero-order valence-corrected chi connectivity index (χ0v) is 15.7. The van der Waals surface area contributed by atoms with E-state index < -0.39 is 0 Å². The molecule has 1 heterocycles. The van der Waals surface area contributed by atoms with Gasteiger partial charge in [0.05, 0.1) is 5.56 Å². The van der Waals surface area contributed by atoms with Crippen molar-refractivity contribution < 1.29 is 4.79 Å². The van der Waals surface area contributed by atoms with Crippen molar-refractivity contribution in [1.29, 1.82) is 0 Å². The summed E-state index contributed by atoms with van der Waals surface area (Å²) in [6, 6.07) is 16.0. The lowest BCUT2D eigenvalue weighted by molar-refractivity contribution is 0.0759. The summed E-state index contributed by atoms with van der Waals surface area (Å²) in [4.78, 5) is 14.8. The topological polar surface area (TPSA) is 20.3 Å². The molecule has 1 amide bonds. The summed E-state index contributed by atoms with van der Waals surface area (Å²) in [5.41, 5.74) is 1.97. The van der Waals surface area contributed by atoms with Crippen LogP contribution in [0.15, 0.2) is 53.0 Å². The molecule has 108 valence electrons. The molecule has 0 saturated carbocycles. The van der Waals surface area contributed by atoms with Gasteiger partial charge in [-0.2, -0.15) is 0 Å². The summed E-state index contributed by atoms with van der Waals surface area (Å²) < 4.78 is 2.07. The van der Waals surface area contributed by atoms with Crippen molar-refractivity contribution in [2.24, 2.45) is 0 Å². The first kappa shape index (κ1) is 15.4. The fourth-order valence-electron chi connectivity index (χ4n) is 2.37. The summed E-state index contributed by atoms with van der Waals surface area (Å²) >= 11 is 7.51. The van der Waals surface area contributed by atoms with Crippen LogP contribution in [0.1, 0.15) is 21.3 Å². The van der Waals surface area contributed by atoms with Crippen LogP contribution in [0.25, 0.3) is 0 Å². The summed E-state index contributed by atoms with van der Waals surface area (Å²) in [6.45, 7) is 0.801. The third-order valence-electron chi connectivity index (χ3n) is 3.41. The van der Waals surface area contributed by atoms with Gasteiger partial charge < -0.3 is 4.90 Å². The Morgan fingerprint density at radius 3 is 2.62 bits per heavy atom. The minimum absolute atomic E-state index is 0.113. The monoisotopic (exact) mass is 473 g/mol. The van der Waals surface area contributed by atoms with Crippen LogP contribution in [0.4, 0.5) is 0 Å². The Kier molecular flexibility index (Phi) is 4.91. The number of benzene rings is 2. The molecule has 2 aromatic carbocycles. The first-order valence-corrected chi connectivity index (χ1v) is 9.51. The number of amides is 1. The predicted octanol–water partition coefficient (Wildman–Crippen LogP) is 4.94. The molecule has 0 radical (unpaired) electrons. The van der Waals surface area contributed by atoms with Crippen molar-refractivity contribution in [3.05, 3.63) is 67.7 Å². The van der Waals surface area contributed by atoms with Gasteiger partial charge in [0, 0.05) is 20.3 Å². The van der Waals surface area contributed by atoms with E-state index >= 15 is 0 Å². The first-order valence-electron chi connectivity index (χ1n) is 6.59. The van der Waals surface area contributed by atoms with Crippen molar-refractivity contribution in [2.75, 3.05) is 12.3 Å². The van der Waals surface area contributed by atoms with Gasteiger partial charge >= 0.3 is 0 Å². The normalized spacial score (nSPS) is 18.0. The number of nitrogens with zero attached hydrogens (tertiary/aromatic N) is 1. The molecule has 1 aliphatic heterocycles. The van der Waals surface area contributed by atoms with Crippen LogP contribution in [0.2, 0.25) is 0 Å². The summed E-state index contributed by atoms with van der Waals surface area (Å²) in [7, 11) is 0. The molecule has 1 aliphatic rings. The second-order valence-electron chi connectivity index (χ2n) is 4.75. The molecule has 0 bridgehead atoms. The molecular weight excluding hydrogens is 461 g/mol. The maximum absolute atomic E-state index is 12.8. The lowest BCUT2D eigenvalue weighted by Gasteiger charge is -2.24. The van der Waals surface area contributed by atoms with Crippen molar-refractivity contribution in [3.63, 3.8) is 0 Å². The highest BCUT2D eigenvalue weighted by Gasteiger charge is 2.31. The van der Waals surface area contributed by atoms with E-state index in [1.807, 2.05) is 53.1 Å². The van der Waals surface area contributed by atoms with E-state index in [-0.39, 0.29) is 11.3 Å². The molecule has 2 nitrogen and oxygen atoms in total. The van der Waals surface area contributed by atoms with E-state index in [0.717, 1.165) is 25.9 Å². The standard InChI is InChI=1S/C16H13BrINOS/c17-12-7-5-11(6-8-12)16-19(9-10-21-16)15(20)13-3-1-2-4-14(13)18/h1-8,16H,9-10H2. The fraction of sp³-hybridized carbons (Fsp3) is 0.188. The second-order valence-corrected chi connectivity index (χ2v) is 8.02. The molecule has 0 aliphatic carbocycles. The van der Waals surface area contributed by atoms with Crippen LogP contribution in [-0.4, -0.2) is 23.1 Å². The van der Waals surface area contributed by atoms with Crippen LogP contribution in [0.3, 0.4) is 0 Å². The second kappa shape index (κ2) is 6.71. The Bertz CT molecular complexity index is 662. The third-order valence-corrected chi connectivity index (χ3v) is 6.14. The maximum atomic E-state index is 12.8. The van der Waals surface area contributed by atoms with Gasteiger partial charge in [-0.25, -0.2) is 0 Å². The van der Waals surface area contributed by atoms with E-state index in [1.54, 1.807) is 0 Å². The zero-order chi connectivity index (χ0) is 14.8. The van der Waals surface area contributed by atoms with E-state index in [0.29, 0.717) is 0 Å². The van der Waals surface area contributed by atoms with Crippen molar-refractivity contribution in [3.8, 4) is 0 Å². The van der Waals surface area contributed by atoms with Crippen LogP contribution in [0, 0.1) is 3.57 Å². The van der Waals surface area contributed by atoms with Crippen molar-refractivity contribution in [2.45, 2.75) is 5.37 Å². The molecule has 0 N–H and O–H groups in total. The number of carbonyl (C=O) groups is 1. The summed E-state index contributed by atoms with van der Waals surface area (Å²) in [5, 5.41) is 0.113. The number of hydrogen-bond acceptors (Lipinski definition) is 2. The van der Waals surface area contributed by atoms with Crippen molar-refractivity contribution >= 4 is 56.2 Å². The summed E-state index contributed by atoms with van der Waals surface area (Å²) in [6.07, 6.45) is 0. The van der Waals surface area contributed by atoms with Crippen LogP contribution < -0.4 is 0 Å². The molecule has 1 saturated heterocycles. The predicted molar refractivity (Wildman–Crippen MR) is 99.5 cm³/mol. The molecular formula is C16H13BrINOS. The number of halogens is 2. The van der Waals surface area contributed by atoms with E-state index in [2.05, 4.69) is 50.7 Å². The lowest BCUT2D eigenvalue weighted by atomic mass is 10.1. The molecule has 1 unspecified atom stereocenters. The molecule has 1 atom stereocenters. The molecule has 5 heteroatoms. The van der Waals surface area contributed by atoms with E-state index in [1.165, 1.54) is 5.56 Å². The molecule has 3 rings (SSSR count). The number of carbonyl (C=O) groups excluding carboxylic acids is 1. The molecule has 21 heavy (non-hydrogen) atoms. The van der Waals surface area contributed by atoms with Crippen LogP contribution >= 0.6 is 50.3 Å². The van der Waals surface area contributed by atoms with E-state index in [9.17, 15) is 4.79 Å². The minimum Gasteiger partial charge on any atom is -0.322 e. The SMILES string of the molecule is O=C(c1ccccc1I)N1CCSC1c1ccc(Br)cc1. The number of hydrogen-bond donors (Lipinski definition) is 0. The molecule has 0 aromatic heterocycles. The van der Waals surface area contributed by atoms with Gasteiger partial charge in [-0.05, 0) is 52.4 Å². The van der Waals surface area contributed by atoms with Gasteiger partial charge in [-0.3, -0.25) is 4.79 Å². The molecule has 2 aromatic rings. The highest BCUT2D eigenvalue weighted by Crippen LogP contribution is 2.39. The Morgan fingerprint density at radius 2 is 1.90 bits per heavy atom. The van der Waals surface area contributed by atoms with Gasteiger partial charge in [0.1, 0.15) is 5.37 Å². The first-order chi connectivity index (χ1) is 10.2. The number of rotatable bonds is 2. The Hall–Kier alpha value is -0.530. The van der Waals surface area contributed by atoms with Crippen LogP contribution in [0.5, 0.6) is 0 Å². The average Bonchev–Trinajstić information content (AvgIpc) is 2.97. The zero-order valence-electron chi connectivity index (χ0n) is 11.1. The largest absolute Gasteiger partial charge is 0.322 e. The van der Waals surface area contributed by atoms with Gasteiger partial charge in [-0.1, -0.05) is 40.2 Å². The summed E-state index contributed by atoms with van der Waals surface area (Å²) in [5.74, 6) is 1.11. The number of thioether (sulfide) groups is 1. The fourth-order valence-corrected chi connectivity index (χ4v) is 4.51. The van der Waals surface area contributed by atoms with Crippen molar-refractivity contribution in [1.82, 2.24) is 4.90 Å². The quantitative estimate of drug-likeness (QED) is 0.575. The smallest absolute Gasteiger partial charge is 0.256 e. The maximum Gasteiger partial charge on any atom is 0.256 e. The Labute approximate surface area is 150 Å². The van der Waals surface area contributed by atoms with Gasteiger partial charge in [0.15, 0.2) is 0 Å². The Balaban J connectivity index is 1.89. The van der Waals surface area contributed by atoms with E-state index in [4.69, 9.17) is 0 Å². The van der Waals surface area contributed by atoms with Gasteiger partial charge in [0.2, 0.25) is 0 Å².